The molecule has 2 aliphatic carbocycles. The van der Waals surface area contributed by atoms with Crippen LogP contribution >= 0.6 is 0 Å². The minimum absolute atomic E-state index is 0.0830. The summed E-state index contributed by atoms with van der Waals surface area (Å²) in [5, 5.41) is 10.6. The van der Waals surface area contributed by atoms with Gasteiger partial charge in [0.15, 0.2) is 0 Å². The smallest absolute Gasteiger partial charge is 0.416 e. The van der Waals surface area contributed by atoms with Gasteiger partial charge in [0.2, 0.25) is 0 Å². The Morgan fingerprint density at radius 2 is 1.94 bits per heavy atom. The first-order valence-corrected chi connectivity index (χ1v) is 11.9. The van der Waals surface area contributed by atoms with Crippen molar-refractivity contribution in [2.75, 3.05) is 0 Å². The van der Waals surface area contributed by atoms with Crippen LogP contribution in [-0.4, -0.2) is 28.3 Å². The molecule has 4 nitrogen and oxygen atoms in total. The molecule has 1 aromatic heterocycles. The Balaban J connectivity index is 1.39. The molecule has 6 unspecified atom stereocenters. The molecular weight excluding hydrogens is 443 g/mol. The van der Waals surface area contributed by atoms with Gasteiger partial charge >= 0.3 is 12.1 Å². The maximum atomic E-state index is 13.0. The molecule has 0 spiro atoms. The number of carbonyl (C=O) groups excluding carboxylic acids is 1. The van der Waals surface area contributed by atoms with Crippen LogP contribution in [0.2, 0.25) is 0 Å². The molecular formula is C27H28F3NO3. The Bertz CT molecular complexity index is 1080. The number of alkyl halides is 3. The highest BCUT2D eigenvalue weighted by Gasteiger charge is 2.55. The zero-order valence-electron chi connectivity index (χ0n) is 18.9. The second kappa shape index (κ2) is 8.84. The van der Waals surface area contributed by atoms with Crippen molar-refractivity contribution in [3.8, 4) is 11.1 Å². The Hall–Kier alpha value is -2.67. The summed E-state index contributed by atoms with van der Waals surface area (Å²) in [5.74, 6) is 0.233. The van der Waals surface area contributed by atoms with Crippen molar-refractivity contribution in [1.29, 1.82) is 0 Å². The van der Waals surface area contributed by atoms with Crippen molar-refractivity contribution in [3.05, 3.63) is 59.9 Å². The number of nitrogens with zero attached hydrogens (tertiary/aromatic N) is 1. The quantitative estimate of drug-likeness (QED) is 0.579. The van der Waals surface area contributed by atoms with Crippen LogP contribution in [0.3, 0.4) is 0 Å². The summed E-state index contributed by atoms with van der Waals surface area (Å²) in [7, 11) is 0. The summed E-state index contributed by atoms with van der Waals surface area (Å²) in [6, 6.07) is 8.77. The summed E-state index contributed by atoms with van der Waals surface area (Å²) < 4.78 is 44.7. The molecule has 5 rings (SSSR count). The molecule has 1 aromatic carbocycles. The van der Waals surface area contributed by atoms with Gasteiger partial charge in [-0.25, -0.2) is 0 Å². The number of esters is 1. The number of fused-ring (bicyclic) bond motifs is 2. The highest BCUT2D eigenvalue weighted by Crippen LogP contribution is 2.53. The van der Waals surface area contributed by atoms with Crippen LogP contribution < -0.4 is 0 Å². The van der Waals surface area contributed by atoms with Crippen LogP contribution in [0.1, 0.15) is 43.9 Å². The van der Waals surface area contributed by atoms with E-state index in [0.29, 0.717) is 29.2 Å². The van der Waals surface area contributed by atoms with E-state index in [0.717, 1.165) is 31.4 Å². The van der Waals surface area contributed by atoms with Gasteiger partial charge in [0.25, 0.3) is 0 Å². The zero-order chi connectivity index (χ0) is 24.0. The fourth-order valence-electron chi connectivity index (χ4n) is 6.36. The molecule has 1 aliphatic heterocycles. The summed E-state index contributed by atoms with van der Waals surface area (Å²) in [6.07, 6.45) is 4.13. The average Bonchev–Trinajstić information content (AvgIpc) is 3.10. The molecule has 0 radical (unpaired) electrons. The highest BCUT2D eigenvalue weighted by atomic mass is 19.4. The van der Waals surface area contributed by atoms with Gasteiger partial charge in [-0.3, -0.25) is 9.78 Å². The molecule has 1 N–H and O–H groups in total. The van der Waals surface area contributed by atoms with Gasteiger partial charge in [0, 0.05) is 17.7 Å². The molecule has 2 heterocycles. The second-order valence-electron chi connectivity index (χ2n) is 9.87. The number of benzene rings is 1. The standard InChI is InChI=1S/C27H28F3NO3/c1-15-25-21(20-6-3-7-24(32)22(20)13-23(25)26(33)34-15)11-10-19-9-8-17(14-31-19)16-4-2-5-18(12-16)27(28,29)30/h2,4-5,8-12,14-15,20-25,32H,3,6-7,13H2,1H3/b11-10+/t15-,20?,21?,22?,23?,24?,25?/m1/s1. The van der Waals surface area contributed by atoms with E-state index in [4.69, 9.17) is 4.74 Å². The van der Waals surface area contributed by atoms with Crippen LogP contribution in [-0.2, 0) is 15.7 Å². The number of carbonyl (C=O) groups is 1. The van der Waals surface area contributed by atoms with Crippen molar-refractivity contribution < 1.29 is 27.8 Å². The van der Waals surface area contributed by atoms with E-state index < -0.39 is 11.7 Å². The predicted molar refractivity (Wildman–Crippen MR) is 121 cm³/mol. The Labute approximate surface area is 196 Å². The molecule has 7 atom stereocenters. The summed E-state index contributed by atoms with van der Waals surface area (Å²) in [5.41, 5.74) is 1.08. The lowest BCUT2D eigenvalue weighted by molar-refractivity contribution is -0.145. The lowest BCUT2D eigenvalue weighted by Gasteiger charge is -2.47. The molecule has 3 aliphatic rings. The number of hydrogen-bond acceptors (Lipinski definition) is 4. The Kier molecular flexibility index (Phi) is 6.00. The molecule has 3 fully saturated rings. The first kappa shape index (κ1) is 23.1. The van der Waals surface area contributed by atoms with Crippen molar-refractivity contribution in [3.63, 3.8) is 0 Å². The third kappa shape index (κ3) is 4.26. The molecule has 7 heteroatoms. The number of cyclic esters (lactones) is 1. The van der Waals surface area contributed by atoms with E-state index in [9.17, 15) is 23.1 Å². The molecule has 2 aromatic rings. The van der Waals surface area contributed by atoms with Crippen molar-refractivity contribution in [2.45, 2.75) is 51.0 Å². The van der Waals surface area contributed by atoms with Gasteiger partial charge < -0.3 is 9.84 Å². The zero-order valence-corrected chi connectivity index (χ0v) is 18.9. The summed E-state index contributed by atoms with van der Waals surface area (Å²) in [4.78, 5) is 16.9. The number of allylic oxidation sites excluding steroid dienone is 1. The summed E-state index contributed by atoms with van der Waals surface area (Å²) >= 11 is 0. The fourth-order valence-corrected chi connectivity index (χ4v) is 6.36. The van der Waals surface area contributed by atoms with Gasteiger partial charge in [0.05, 0.1) is 23.3 Å². The van der Waals surface area contributed by atoms with Crippen molar-refractivity contribution in [1.82, 2.24) is 4.98 Å². The van der Waals surface area contributed by atoms with Gasteiger partial charge in [-0.15, -0.1) is 0 Å². The van der Waals surface area contributed by atoms with E-state index in [2.05, 4.69) is 11.1 Å². The highest BCUT2D eigenvalue weighted by molar-refractivity contribution is 5.75. The monoisotopic (exact) mass is 471 g/mol. The van der Waals surface area contributed by atoms with E-state index >= 15 is 0 Å². The van der Waals surface area contributed by atoms with Gasteiger partial charge in [-0.2, -0.15) is 13.2 Å². The normalized spacial score (nSPS) is 33.4. The second-order valence-corrected chi connectivity index (χ2v) is 9.87. The maximum Gasteiger partial charge on any atom is 0.416 e. The van der Waals surface area contributed by atoms with Crippen LogP contribution in [0.15, 0.2) is 48.7 Å². The van der Waals surface area contributed by atoms with E-state index in [1.807, 2.05) is 13.0 Å². The van der Waals surface area contributed by atoms with Crippen LogP contribution in [0, 0.1) is 29.6 Å². The van der Waals surface area contributed by atoms with Crippen LogP contribution in [0.25, 0.3) is 17.2 Å². The van der Waals surface area contributed by atoms with Crippen molar-refractivity contribution in [2.24, 2.45) is 29.6 Å². The largest absolute Gasteiger partial charge is 0.462 e. The minimum Gasteiger partial charge on any atom is -0.462 e. The number of halogens is 3. The number of pyridine rings is 1. The SMILES string of the molecule is C[C@H]1OC(=O)C2CC3C(O)CCCC3C(/C=C/c3ccc(-c4cccc(C(F)(F)F)c4)cn3)C21. The molecule has 180 valence electrons. The predicted octanol–water partition coefficient (Wildman–Crippen LogP) is 5.76. The maximum absolute atomic E-state index is 13.0. The number of rotatable bonds is 3. The third-order valence-electron chi connectivity index (χ3n) is 7.96. The van der Waals surface area contributed by atoms with Crippen LogP contribution in [0.5, 0.6) is 0 Å². The van der Waals surface area contributed by atoms with Crippen molar-refractivity contribution >= 4 is 12.0 Å². The number of aliphatic hydroxyl groups excluding tert-OH is 1. The van der Waals surface area contributed by atoms with Gasteiger partial charge in [0.1, 0.15) is 6.10 Å². The number of aromatic nitrogens is 1. The van der Waals surface area contributed by atoms with Gasteiger partial charge in [-0.1, -0.05) is 30.7 Å². The molecule has 0 amide bonds. The lowest BCUT2D eigenvalue weighted by Crippen LogP contribution is -2.47. The molecule has 0 bridgehead atoms. The first-order valence-electron chi connectivity index (χ1n) is 11.9. The van der Waals surface area contributed by atoms with E-state index in [1.165, 1.54) is 6.07 Å². The molecule has 34 heavy (non-hydrogen) atoms. The lowest BCUT2D eigenvalue weighted by atomic mass is 9.56. The fraction of sp³-hybridized carbons (Fsp3) is 0.481. The number of aliphatic hydroxyl groups is 1. The van der Waals surface area contributed by atoms with E-state index in [1.54, 1.807) is 24.4 Å². The topological polar surface area (TPSA) is 59.4 Å². The Morgan fingerprint density at radius 1 is 1.12 bits per heavy atom. The summed E-state index contributed by atoms with van der Waals surface area (Å²) in [6.45, 7) is 1.95. The molecule has 2 saturated carbocycles. The van der Waals surface area contributed by atoms with Crippen LogP contribution in [0.4, 0.5) is 13.2 Å². The Morgan fingerprint density at radius 3 is 2.68 bits per heavy atom. The molecule has 1 saturated heterocycles. The van der Waals surface area contributed by atoms with Gasteiger partial charge in [-0.05, 0) is 73.8 Å². The minimum atomic E-state index is -4.39. The first-order chi connectivity index (χ1) is 16.2. The average molecular weight is 472 g/mol. The van der Waals surface area contributed by atoms with E-state index in [-0.39, 0.29) is 41.8 Å². The third-order valence-corrected chi connectivity index (χ3v) is 7.96. The number of ether oxygens (including phenoxy) is 1. The number of hydrogen-bond donors (Lipinski definition) is 1.